The maximum absolute atomic E-state index is 12.3. The Kier molecular flexibility index (Phi) is 4.81. The molecule has 0 aliphatic heterocycles. The summed E-state index contributed by atoms with van der Waals surface area (Å²) in [6, 6.07) is 5.58. The number of hydrogen-bond donors (Lipinski definition) is 2. The molecule has 2 N–H and O–H groups in total. The molecule has 3 rings (SSSR count). The lowest BCUT2D eigenvalue weighted by molar-refractivity contribution is 0.390. The van der Waals surface area contributed by atoms with Gasteiger partial charge in [0.05, 0.1) is 0 Å². The third kappa shape index (κ3) is 3.86. The second-order valence-electron chi connectivity index (χ2n) is 5.33. The number of anilines is 1. The SMILES string of the molecule is Cc1noc(C)c1S(=O)(=O)NCCNc1cc(-n2cccc2)ncn1. The molecule has 0 radical (unpaired) electrons. The van der Waals surface area contributed by atoms with Gasteiger partial charge in [-0.1, -0.05) is 5.16 Å². The van der Waals surface area contributed by atoms with Crippen molar-refractivity contribution in [3.63, 3.8) is 0 Å². The van der Waals surface area contributed by atoms with E-state index in [9.17, 15) is 8.42 Å². The molecule has 0 unspecified atom stereocenters. The van der Waals surface area contributed by atoms with Crippen molar-refractivity contribution >= 4 is 15.8 Å². The summed E-state index contributed by atoms with van der Waals surface area (Å²) in [5, 5.41) is 6.73. The zero-order valence-corrected chi connectivity index (χ0v) is 14.6. The van der Waals surface area contributed by atoms with E-state index in [0.717, 1.165) is 5.82 Å². The Hall–Kier alpha value is -2.72. The number of sulfonamides is 1. The topological polar surface area (TPSA) is 115 Å². The normalized spacial score (nSPS) is 11.6. The number of nitrogens with zero attached hydrogens (tertiary/aromatic N) is 4. The standard InChI is InChI=1S/C15H18N6O3S/c1-11-15(12(2)24-20-11)25(22,23)19-6-5-16-13-9-14(18-10-17-13)21-7-3-4-8-21/h3-4,7-10,19H,5-6H2,1-2H3,(H,16,17,18). The molecule has 3 aromatic heterocycles. The van der Waals surface area contributed by atoms with Gasteiger partial charge >= 0.3 is 0 Å². The Morgan fingerprint density at radius 2 is 1.92 bits per heavy atom. The first kappa shape index (κ1) is 17.1. The van der Waals surface area contributed by atoms with Crippen molar-refractivity contribution < 1.29 is 12.9 Å². The third-order valence-corrected chi connectivity index (χ3v) is 5.19. The van der Waals surface area contributed by atoms with Gasteiger partial charge in [-0.2, -0.15) is 0 Å². The fourth-order valence-electron chi connectivity index (χ4n) is 2.38. The predicted molar refractivity (Wildman–Crippen MR) is 91.0 cm³/mol. The first-order valence-corrected chi connectivity index (χ1v) is 9.07. The minimum atomic E-state index is -3.66. The maximum atomic E-state index is 12.3. The number of aryl methyl sites for hydroxylation is 2. The van der Waals surface area contributed by atoms with Gasteiger partial charge in [-0.15, -0.1) is 0 Å². The minimum Gasteiger partial charge on any atom is -0.369 e. The van der Waals surface area contributed by atoms with Crippen LogP contribution in [0.2, 0.25) is 0 Å². The van der Waals surface area contributed by atoms with E-state index in [1.165, 1.54) is 6.33 Å². The van der Waals surface area contributed by atoms with E-state index in [1.807, 2.05) is 29.1 Å². The van der Waals surface area contributed by atoms with Crippen molar-refractivity contribution in [3.05, 3.63) is 48.4 Å². The van der Waals surface area contributed by atoms with E-state index in [1.54, 1.807) is 19.9 Å². The van der Waals surface area contributed by atoms with Gasteiger partial charge in [0, 0.05) is 31.5 Å². The van der Waals surface area contributed by atoms with Crippen molar-refractivity contribution in [1.29, 1.82) is 0 Å². The zero-order valence-electron chi connectivity index (χ0n) is 13.8. The Morgan fingerprint density at radius 3 is 2.60 bits per heavy atom. The zero-order chi connectivity index (χ0) is 17.9. The molecule has 132 valence electrons. The highest BCUT2D eigenvalue weighted by Crippen LogP contribution is 2.18. The summed E-state index contributed by atoms with van der Waals surface area (Å²) < 4.78 is 33.8. The van der Waals surface area contributed by atoms with Crippen molar-refractivity contribution in [2.75, 3.05) is 18.4 Å². The van der Waals surface area contributed by atoms with Crippen molar-refractivity contribution in [3.8, 4) is 5.82 Å². The van der Waals surface area contributed by atoms with Gasteiger partial charge in [-0.05, 0) is 26.0 Å². The van der Waals surface area contributed by atoms with Crippen LogP contribution < -0.4 is 10.0 Å². The van der Waals surface area contributed by atoms with E-state index in [0.29, 0.717) is 18.1 Å². The van der Waals surface area contributed by atoms with Crippen LogP contribution >= 0.6 is 0 Å². The molecular weight excluding hydrogens is 344 g/mol. The fourth-order valence-corrected chi connectivity index (χ4v) is 3.74. The van der Waals surface area contributed by atoms with E-state index in [2.05, 4.69) is 25.2 Å². The van der Waals surface area contributed by atoms with Crippen LogP contribution in [0.4, 0.5) is 5.82 Å². The molecule has 0 bridgehead atoms. The summed E-state index contributed by atoms with van der Waals surface area (Å²) in [6.07, 6.45) is 5.21. The van der Waals surface area contributed by atoms with Crippen LogP contribution in [0, 0.1) is 13.8 Å². The van der Waals surface area contributed by atoms with Crippen LogP contribution in [0.3, 0.4) is 0 Å². The fraction of sp³-hybridized carbons (Fsp3) is 0.267. The van der Waals surface area contributed by atoms with Crippen LogP contribution in [-0.2, 0) is 10.0 Å². The monoisotopic (exact) mass is 362 g/mol. The second kappa shape index (κ2) is 7.03. The molecule has 3 heterocycles. The lowest BCUT2D eigenvalue weighted by atomic mass is 10.4. The Bertz CT molecular complexity index is 930. The number of hydrogen-bond acceptors (Lipinski definition) is 7. The van der Waals surface area contributed by atoms with Gasteiger partial charge in [-0.3, -0.25) is 0 Å². The van der Waals surface area contributed by atoms with Crippen LogP contribution in [0.25, 0.3) is 5.82 Å². The summed E-state index contributed by atoms with van der Waals surface area (Å²) in [6.45, 7) is 3.71. The highest BCUT2D eigenvalue weighted by atomic mass is 32.2. The van der Waals surface area contributed by atoms with Crippen LogP contribution in [0.15, 0.2) is 46.3 Å². The van der Waals surface area contributed by atoms with E-state index in [4.69, 9.17) is 4.52 Å². The Morgan fingerprint density at radius 1 is 1.16 bits per heavy atom. The van der Waals surface area contributed by atoms with Crippen molar-refractivity contribution in [2.24, 2.45) is 0 Å². The van der Waals surface area contributed by atoms with Gasteiger partial charge < -0.3 is 14.4 Å². The minimum absolute atomic E-state index is 0.0874. The molecule has 0 saturated carbocycles. The summed E-state index contributed by atoms with van der Waals surface area (Å²) in [5.41, 5.74) is 0.338. The summed E-state index contributed by atoms with van der Waals surface area (Å²) in [7, 11) is -3.66. The quantitative estimate of drug-likeness (QED) is 0.608. The molecule has 9 nitrogen and oxygen atoms in total. The van der Waals surface area contributed by atoms with Gasteiger partial charge in [0.15, 0.2) is 5.76 Å². The summed E-state index contributed by atoms with van der Waals surface area (Å²) in [4.78, 5) is 8.40. The van der Waals surface area contributed by atoms with E-state index >= 15 is 0 Å². The molecule has 10 heteroatoms. The molecule has 0 saturated heterocycles. The number of rotatable bonds is 7. The summed E-state index contributed by atoms with van der Waals surface area (Å²) in [5.74, 6) is 1.60. The van der Waals surface area contributed by atoms with Crippen LogP contribution in [-0.4, -0.2) is 41.2 Å². The predicted octanol–water partition coefficient (Wildman–Crippen LogP) is 1.26. The lowest BCUT2D eigenvalue weighted by Gasteiger charge is -2.09. The van der Waals surface area contributed by atoms with Gasteiger partial charge in [0.25, 0.3) is 0 Å². The molecular formula is C15H18N6O3S. The average molecular weight is 362 g/mol. The van der Waals surface area contributed by atoms with E-state index < -0.39 is 10.0 Å². The second-order valence-corrected chi connectivity index (χ2v) is 7.03. The lowest BCUT2D eigenvalue weighted by Crippen LogP contribution is -2.29. The van der Waals surface area contributed by atoms with Gasteiger partial charge in [-0.25, -0.2) is 23.1 Å². The maximum Gasteiger partial charge on any atom is 0.246 e. The van der Waals surface area contributed by atoms with Crippen LogP contribution in [0.5, 0.6) is 0 Å². The number of aromatic nitrogens is 4. The van der Waals surface area contributed by atoms with Gasteiger partial charge in [0.2, 0.25) is 10.0 Å². The largest absolute Gasteiger partial charge is 0.369 e. The van der Waals surface area contributed by atoms with Crippen molar-refractivity contribution in [2.45, 2.75) is 18.7 Å². The first-order chi connectivity index (χ1) is 12.0. The van der Waals surface area contributed by atoms with Gasteiger partial charge in [0.1, 0.15) is 28.6 Å². The highest BCUT2D eigenvalue weighted by molar-refractivity contribution is 7.89. The Balaban J connectivity index is 1.58. The molecule has 0 atom stereocenters. The molecule has 0 aliphatic carbocycles. The smallest absolute Gasteiger partial charge is 0.246 e. The molecule has 0 aromatic carbocycles. The molecule has 0 spiro atoms. The highest BCUT2D eigenvalue weighted by Gasteiger charge is 2.23. The molecule has 0 fully saturated rings. The summed E-state index contributed by atoms with van der Waals surface area (Å²) >= 11 is 0. The molecule has 3 aromatic rings. The third-order valence-electron chi connectivity index (χ3n) is 3.48. The molecule has 25 heavy (non-hydrogen) atoms. The first-order valence-electron chi connectivity index (χ1n) is 7.59. The molecule has 0 aliphatic rings. The Labute approximate surface area is 145 Å². The average Bonchev–Trinajstić information content (AvgIpc) is 3.22. The number of nitrogens with one attached hydrogen (secondary N) is 2. The van der Waals surface area contributed by atoms with Crippen molar-refractivity contribution in [1.82, 2.24) is 24.4 Å². The van der Waals surface area contributed by atoms with E-state index in [-0.39, 0.29) is 17.2 Å². The molecule has 0 amide bonds. The van der Waals surface area contributed by atoms with Crippen LogP contribution in [0.1, 0.15) is 11.5 Å².